The molecule has 2 rings (SSSR count). The van der Waals surface area contributed by atoms with Crippen LogP contribution in [0.2, 0.25) is 0 Å². The Bertz CT molecular complexity index is 599. The number of hydrogen-bond donors (Lipinski definition) is 2. The highest BCUT2D eigenvalue weighted by Gasteiger charge is 2.29. The minimum absolute atomic E-state index is 0.187. The number of rotatable bonds is 5. The van der Waals surface area contributed by atoms with Crippen molar-refractivity contribution in [2.45, 2.75) is 65.8 Å². The van der Waals surface area contributed by atoms with Crippen molar-refractivity contribution >= 4 is 23.2 Å². The van der Waals surface area contributed by atoms with Gasteiger partial charge < -0.3 is 10.1 Å². The molecule has 2 N–H and O–H groups in total. The van der Waals surface area contributed by atoms with Crippen LogP contribution in [0.4, 0.5) is 0 Å². The van der Waals surface area contributed by atoms with Crippen molar-refractivity contribution in [3.8, 4) is 5.75 Å². The third kappa shape index (κ3) is 6.27. The van der Waals surface area contributed by atoms with E-state index in [9.17, 15) is 4.79 Å². The van der Waals surface area contributed by atoms with Gasteiger partial charge in [0.15, 0.2) is 5.11 Å². The average Bonchev–Trinajstić information content (AvgIpc) is 2.60. The van der Waals surface area contributed by atoms with Crippen LogP contribution < -0.4 is 15.4 Å². The van der Waals surface area contributed by atoms with E-state index in [4.69, 9.17) is 17.0 Å². The molecule has 0 heterocycles. The van der Waals surface area contributed by atoms with Crippen LogP contribution >= 0.6 is 12.2 Å². The lowest BCUT2D eigenvalue weighted by atomic mass is 9.71. The number of amides is 1. The summed E-state index contributed by atoms with van der Waals surface area (Å²) >= 11 is 5.33. The first-order valence-corrected chi connectivity index (χ1v) is 10.0. The number of thiocarbonyl (C=S) groups is 1. The van der Waals surface area contributed by atoms with Crippen LogP contribution in [0.3, 0.4) is 0 Å². The standard InChI is InChI=1S/C21H32N2O2S/c1-5-14-25-18-12-6-15(7-13-18)19(24)23-20(26)22-17-10-8-16(9-11-17)21(2,3)4/h6-7,12-13,16-17H,5,8-11,14H2,1-4H3,(H2,22,23,24,26). The van der Waals surface area contributed by atoms with Crippen LogP contribution in [-0.2, 0) is 0 Å². The Kier molecular flexibility index (Phi) is 7.44. The van der Waals surface area contributed by atoms with E-state index >= 15 is 0 Å². The molecule has 0 bridgehead atoms. The summed E-state index contributed by atoms with van der Waals surface area (Å²) in [6.45, 7) is 9.68. The van der Waals surface area contributed by atoms with Crippen molar-refractivity contribution in [3.63, 3.8) is 0 Å². The fourth-order valence-electron chi connectivity index (χ4n) is 3.42. The molecular formula is C21H32N2O2S. The zero-order chi connectivity index (χ0) is 19.2. The highest BCUT2D eigenvalue weighted by Crippen LogP contribution is 2.37. The highest BCUT2D eigenvalue weighted by molar-refractivity contribution is 7.80. The van der Waals surface area contributed by atoms with E-state index in [0.717, 1.165) is 30.9 Å². The third-order valence-corrected chi connectivity index (χ3v) is 5.32. The Morgan fingerprint density at radius 1 is 1.15 bits per heavy atom. The van der Waals surface area contributed by atoms with Crippen molar-refractivity contribution in [2.24, 2.45) is 11.3 Å². The lowest BCUT2D eigenvalue weighted by molar-refractivity contribution is 0.0976. The van der Waals surface area contributed by atoms with Gasteiger partial charge in [0, 0.05) is 11.6 Å². The van der Waals surface area contributed by atoms with Crippen molar-refractivity contribution in [2.75, 3.05) is 6.61 Å². The molecule has 0 radical (unpaired) electrons. The van der Waals surface area contributed by atoms with Gasteiger partial charge >= 0.3 is 0 Å². The minimum atomic E-state index is -0.187. The van der Waals surface area contributed by atoms with Crippen LogP contribution in [0.5, 0.6) is 5.75 Å². The molecule has 0 spiro atoms. The van der Waals surface area contributed by atoms with Crippen LogP contribution in [-0.4, -0.2) is 23.7 Å². The molecule has 26 heavy (non-hydrogen) atoms. The van der Waals surface area contributed by atoms with Crippen LogP contribution in [0.1, 0.15) is 70.2 Å². The van der Waals surface area contributed by atoms with E-state index in [2.05, 4.69) is 38.3 Å². The van der Waals surface area contributed by atoms with E-state index in [0.29, 0.717) is 28.7 Å². The maximum Gasteiger partial charge on any atom is 0.257 e. The van der Waals surface area contributed by atoms with Crippen LogP contribution in [0.25, 0.3) is 0 Å². The molecule has 1 aromatic carbocycles. The molecule has 1 aromatic rings. The third-order valence-electron chi connectivity index (χ3n) is 5.10. The molecule has 1 fully saturated rings. The fourth-order valence-corrected chi connectivity index (χ4v) is 3.68. The van der Waals surface area contributed by atoms with Gasteiger partial charge in [0.05, 0.1) is 6.61 Å². The second kappa shape index (κ2) is 9.36. The van der Waals surface area contributed by atoms with E-state index in [1.807, 2.05) is 12.1 Å². The topological polar surface area (TPSA) is 50.4 Å². The molecule has 4 nitrogen and oxygen atoms in total. The van der Waals surface area contributed by atoms with Gasteiger partial charge in [-0.25, -0.2) is 0 Å². The normalized spacial score (nSPS) is 20.3. The molecule has 0 atom stereocenters. The van der Waals surface area contributed by atoms with Gasteiger partial charge in [-0.3, -0.25) is 10.1 Å². The Hall–Kier alpha value is -1.62. The van der Waals surface area contributed by atoms with E-state index in [1.54, 1.807) is 12.1 Å². The van der Waals surface area contributed by atoms with Gasteiger partial charge in [0.25, 0.3) is 5.91 Å². The van der Waals surface area contributed by atoms with Gasteiger partial charge in [-0.15, -0.1) is 0 Å². The maximum absolute atomic E-state index is 12.3. The first kappa shape index (κ1) is 20.7. The quantitative estimate of drug-likeness (QED) is 0.732. The molecule has 0 unspecified atom stereocenters. The van der Waals surface area contributed by atoms with Crippen molar-refractivity contribution in [3.05, 3.63) is 29.8 Å². The average molecular weight is 377 g/mol. The summed E-state index contributed by atoms with van der Waals surface area (Å²) in [6.07, 6.45) is 5.57. The maximum atomic E-state index is 12.3. The zero-order valence-corrected chi connectivity index (χ0v) is 17.2. The van der Waals surface area contributed by atoms with Crippen LogP contribution in [0, 0.1) is 11.3 Å². The molecule has 1 aliphatic carbocycles. The van der Waals surface area contributed by atoms with Crippen LogP contribution in [0.15, 0.2) is 24.3 Å². The Labute approximate surface area is 163 Å². The summed E-state index contributed by atoms with van der Waals surface area (Å²) in [4.78, 5) is 12.3. The molecule has 1 saturated carbocycles. The first-order valence-electron chi connectivity index (χ1n) is 9.64. The Morgan fingerprint density at radius 2 is 1.77 bits per heavy atom. The molecule has 0 saturated heterocycles. The predicted molar refractivity (Wildman–Crippen MR) is 111 cm³/mol. The summed E-state index contributed by atoms with van der Waals surface area (Å²) in [5, 5.41) is 6.51. The molecule has 0 aliphatic heterocycles. The minimum Gasteiger partial charge on any atom is -0.494 e. The van der Waals surface area contributed by atoms with Gasteiger partial charge in [0.2, 0.25) is 0 Å². The summed E-state index contributed by atoms with van der Waals surface area (Å²) in [5.41, 5.74) is 0.946. The largest absolute Gasteiger partial charge is 0.494 e. The van der Waals surface area contributed by atoms with Crippen molar-refractivity contribution < 1.29 is 9.53 Å². The first-order chi connectivity index (χ1) is 12.3. The molecule has 1 aliphatic rings. The Balaban J connectivity index is 1.78. The molecule has 1 amide bonds. The van der Waals surface area contributed by atoms with Gasteiger partial charge in [-0.1, -0.05) is 27.7 Å². The number of carbonyl (C=O) groups is 1. The predicted octanol–water partition coefficient (Wildman–Crippen LogP) is 4.68. The van der Waals surface area contributed by atoms with Crippen molar-refractivity contribution in [1.82, 2.24) is 10.6 Å². The lowest BCUT2D eigenvalue weighted by Gasteiger charge is -2.37. The zero-order valence-electron chi connectivity index (χ0n) is 16.4. The number of nitrogens with one attached hydrogen (secondary N) is 2. The molecule has 144 valence electrons. The number of benzene rings is 1. The van der Waals surface area contributed by atoms with E-state index in [1.165, 1.54) is 12.8 Å². The SMILES string of the molecule is CCCOc1ccc(C(=O)NC(=S)NC2CCC(C(C)(C)C)CC2)cc1. The number of carbonyl (C=O) groups excluding carboxylic acids is 1. The molecular weight excluding hydrogens is 344 g/mol. The van der Waals surface area contributed by atoms with Gasteiger partial charge in [0.1, 0.15) is 5.75 Å². The highest BCUT2D eigenvalue weighted by atomic mass is 32.1. The van der Waals surface area contributed by atoms with Gasteiger partial charge in [-0.2, -0.15) is 0 Å². The number of ether oxygens (including phenoxy) is 1. The summed E-state index contributed by atoms with van der Waals surface area (Å²) in [5.74, 6) is 1.35. The smallest absolute Gasteiger partial charge is 0.257 e. The van der Waals surface area contributed by atoms with Crippen molar-refractivity contribution in [1.29, 1.82) is 0 Å². The fraction of sp³-hybridized carbons (Fsp3) is 0.619. The second-order valence-corrected chi connectivity index (χ2v) is 8.62. The molecule has 0 aromatic heterocycles. The lowest BCUT2D eigenvalue weighted by Crippen LogP contribution is -2.46. The second-order valence-electron chi connectivity index (χ2n) is 8.21. The number of hydrogen-bond acceptors (Lipinski definition) is 3. The van der Waals surface area contributed by atoms with E-state index in [-0.39, 0.29) is 5.91 Å². The Morgan fingerprint density at radius 3 is 2.31 bits per heavy atom. The molecule has 5 heteroatoms. The monoisotopic (exact) mass is 376 g/mol. The van der Waals surface area contributed by atoms with E-state index < -0.39 is 0 Å². The van der Waals surface area contributed by atoms with Gasteiger partial charge in [-0.05, 0) is 79.9 Å². The summed E-state index contributed by atoms with van der Waals surface area (Å²) < 4.78 is 5.53. The summed E-state index contributed by atoms with van der Waals surface area (Å²) in [7, 11) is 0. The summed E-state index contributed by atoms with van der Waals surface area (Å²) in [6, 6.07) is 7.50.